The van der Waals surface area contributed by atoms with Crippen LogP contribution in [0.25, 0.3) is 0 Å². The van der Waals surface area contributed by atoms with Gasteiger partial charge in [0.15, 0.2) is 12.4 Å². The van der Waals surface area contributed by atoms with Gasteiger partial charge in [0, 0.05) is 17.7 Å². The standard InChI is InChI=1S/C13H12NO.AsF6/c15-13(12-7-3-1-4-8-12)11-14-9-5-2-6-10-14;2-1(3,4,5,6)7/h1-10H,11H2;/q+1;-1. The second-order valence-electron chi connectivity index (χ2n) is 4.30. The molecule has 0 aliphatic carbocycles. The molecule has 0 amide bonds. The minimum atomic E-state index is -11.1. The molecular formula is C13H12AsF6NO. The Hall–Kier alpha value is -1.82. The summed E-state index contributed by atoms with van der Waals surface area (Å²) in [6.45, 7) is 0.394. The molecule has 0 N–H and O–H groups in total. The molecule has 0 aliphatic heterocycles. The first-order valence-electron chi connectivity index (χ1n) is 5.90. The van der Waals surface area contributed by atoms with Crippen molar-refractivity contribution in [2.24, 2.45) is 0 Å². The normalized spacial score (nSPS) is 14.1. The summed E-state index contributed by atoms with van der Waals surface area (Å²) in [4.78, 5) is 11.8. The number of hydrogen-bond donors (Lipinski definition) is 0. The predicted octanol–water partition coefficient (Wildman–Crippen LogP) is 4.00. The van der Waals surface area contributed by atoms with Gasteiger partial charge < -0.3 is 0 Å². The van der Waals surface area contributed by atoms with Gasteiger partial charge in [-0.25, -0.2) is 0 Å². The van der Waals surface area contributed by atoms with Crippen LogP contribution in [0.1, 0.15) is 10.4 Å². The average Bonchev–Trinajstić information content (AvgIpc) is 2.37. The Balaban J connectivity index is 0.000000295. The monoisotopic (exact) mass is 387 g/mol. The molecular weight excluding hydrogens is 375 g/mol. The molecule has 22 heavy (non-hydrogen) atoms. The van der Waals surface area contributed by atoms with Gasteiger partial charge in [0.1, 0.15) is 0 Å². The van der Waals surface area contributed by atoms with Crippen molar-refractivity contribution in [1.82, 2.24) is 0 Å². The van der Waals surface area contributed by atoms with Gasteiger partial charge in [0.25, 0.3) is 0 Å². The van der Waals surface area contributed by atoms with Crippen LogP contribution in [0.4, 0.5) is 20.8 Å². The number of Topliss-reactive ketones (excluding diaryl/α,β-unsaturated/α-hetero) is 1. The van der Waals surface area contributed by atoms with Crippen molar-refractivity contribution < 1.29 is 30.2 Å². The van der Waals surface area contributed by atoms with Crippen LogP contribution in [-0.4, -0.2) is 20.0 Å². The third kappa shape index (κ3) is 10.9. The van der Waals surface area contributed by atoms with E-state index in [1.807, 2.05) is 65.5 Å². The van der Waals surface area contributed by atoms with Crippen LogP contribution in [0.2, 0.25) is 0 Å². The minimum absolute atomic E-state index is 0.131. The Morgan fingerprint density at radius 3 is 1.68 bits per heavy atom. The van der Waals surface area contributed by atoms with Gasteiger partial charge in [-0.15, -0.1) is 0 Å². The zero-order valence-electron chi connectivity index (χ0n) is 11.1. The molecule has 2 nitrogen and oxygen atoms in total. The van der Waals surface area contributed by atoms with Crippen molar-refractivity contribution in [3.05, 3.63) is 66.5 Å². The molecule has 0 saturated heterocycles. The molecule has 122 valence electrons. The van der Waals surface area contributed by atoms with Crippen LogP contribution in [0.15, 0.2) is 60.9 Å². The number of carbonyl (C=O) groups is 1. The maximum Gasteiger partial charge on any atom is 0.227 e. The second kappa shape index (κ2) is 5.76. The topological polar surface area (TPSA) is 20.9 Å². The molecule has 1 aromatic heterocycles. The first-order valence-corrected chi connectivity index (χ1v) is 10.2. The Kier molecular flexibility index (Phi) is 4.77. The zero-order valence-corrected chi connectivity index (χ0v) is 12.9. The third-order valence-electron chi connectivity index (χ3n) is 2.20. The fraction of sp³-hybridized carbons (Fsp3) is 0.0769. The van der Waals surface area contributed by atoms with E-state index >= 15 is 0 Å². The number of benzene rings is 1. The quantitative estimate of drug-likeness (QED) is 0.338. The fourth-order valence-corrected chi connectivity index (χ4v) is 1.42. The van der Waals surface area contributed by atoms with E-state index in [1.165, 1.54) is 0 Å². The number of ketones is 1. The van der Waals surface area contributed by atoms with E-state index in [4.69, 9.17) is 0 Å². The van der Waals surface area contributed by atoms with Crippen molar-refractivity contribution in [3.63, 3.8) is 0 Å². The summed E-state index contributed by atoms with van der Waals surface area (Å²) in [5, 5.41) is 0. The van der Waals surface area contributed by atoms with E-state index in [-0.39, 0.29) is 5.78 Å². The van der Waals surface area contributed by atoms with Crippen molar-refractivity contribution in [2.75, 3.05) is 0 Å². The number of carbonyl (C=O) groups excluding carboxylic acids is 1. The van der Waals surface area contributed by atoms with Crippen LogP contribution >= 0.6 is 0 Å². The number of hydrogen-bond acceptors (Lipinski definition) is 1. The number of pyridine rings is 1. The number of halogens is 6. The summed E-state index contributed by atoms with van der Waals surface area (Å²) in [6, 6.07) is 15.1. The number of rotatable bonds is 3. The maximum absolute atomic E-state index is 11.8. The van der Waals surface area contributed by atoms with Crippen LogP contribution < -0.4 is 4.57 Å². The fourth-order valence-electron chi connectivity index (χ4n) is 1.42. The van der Waals surface area contributed by atoms with E-state index < -0.39 is 14.2 Å². The largest absolute Gasteiger partial charge is 0.287 e. The summed E-state index contributed by atoms with van der Waals surface area (Å²) in [7, 11) is 0. The molecule has 1 aromatic carbocycles. The average molecular weight is 387 g/mol. The summed E-state index contributed by atoms with van der Waals surface area (Å²) < 4.78 is 61.3. The molecule has 0 radical (unpaired) electrons. The Morgan fingerprint density at radius 2 is 1.23 bits per heavy atom. The molecule has 0 spiro atoms. The smallest absolute Gasteiger partial charge is 0.227 e. The molecule has 0 aliphatic rings. The van der Waals surface area contributed by atoms with Gasteiger partial charge in [-0.3, -0.25) is 4.79 Å². The summed E-state index contributed by atoms with van der Waals surface area (Å²) in [5.74, 6) is 0.131. The first-order chi connectivity index (χ1) is 9.81. The Labute approximate surface area is 123 Å². The molecule has 0 unspecified atom stereocenters. The Morgan fingerprint density at radius 1 is 0.818 bits per heavy atom. The van der Waals surface area contributed by atoms with Gasteiger partial charge in [-0.05, 0) is 0 Å². The van der Waals surface area contributed by atoms with E-state index in [2.05, 4.69) is 0 Å². The van der Waals surface area contributed by atoms with Crippen LogP contribution in [0.5, 0.6) is 0 Å². The van der Waals surface area contributed by atoms with Crippen molar-refractivity contribution >= 4 is 20.0 Å². The van der Waals surface area contributed by atoms with E-state index in [9.17, 15) is 25.6 Å². The van der Waals surface area contributed by atoms with Gasteiger partial charge in [0.05, 0.1) is 0 Å². The van der Waals surface area contributed by atoms with Crippen LogP contribution in [0.3, 0.4) is 0 Å². The summed E-state index contributed by atoms with van der Waals surface area (Å²) in [5.41, 5.74) is 0.758. The van der Waals surface area contributed by atoms with E-state index in [0.717, 1.165) is 5.56 Å². The molecule has 1 heterocycles. The molecule has 2 rings (SSSR count). The van der Waals surface area contributed by atoms with Gasteiger partial charge >= 0.3 is 35.0 Å². The molecule has 0 fully saturated rings. The molecule has 0 atom stereocenters. The zero-order chi connectivity index (χ0) is 16.9. The molecule has 9 heteroatoms. The number of aromatic nitrogens is 1. The predicted molar refractivity (Wildman–Crippen MR) is 69.8 cm³/mol. The van der Waals surface area contributed by atoms with Crippen LogP contribution in [-0.2, 0) is 6.54 Å². The number of nitrogens with zero attached hydrogens (tertiary/aromatic N) is 1. The van der Waals surface area contributed by atoms with Crippen molar-refractivity contribution in [3.8, 4) is 0 Å². The second-order valence-corrected chi connectivity index (χ2v) is 8.32. The van der Waals surface area contributed by atoms with Crippen molar-refractivity contribution in [2.45, 2.75) is 6.54 Å². The summed E-state index contributed by atoms with van der Waals surface area (Å²) in [6.07, 6.45) is 3.78. The van der Waals surface area contributed by atoms with E-state index in [0.29, 0.717) is 6.54 Å². The Bertz CT molecular complexity index is 616. The first kappa shape index (κ1) is 18.2. The molecule has 2 aromatic rings. The molecule has 0 saturated carbocycles. The maximum atomic E-state index is 11.8. The van der Waals surface area contributed by atoms with Crippen molar-refractivity contribution in [1.29, 1.82) is 0 Å². The van der Waals surface area contributed by atoms with E-state index in [1.54, 1.807) is 0 Å². The van der Waals surface area contributed by atoms with Gasteiger partial charge in [-0.1, -0.05) is 36.4 Å². The molecule has 0 bridgehead atoms. The summed E-state index contributed by atoms with van der Waals surface area (Å²) >= 11 is -11.1. The van der Waals surface area contributed by atoms with Crippen LogP contribution in [0, 0.1) is 0 Å². The van der Waals surface area contributed by atoms with Gasteiger partial charge in [0.2, 0.25) is 12.3 Å². The minimum Gasteiger partial charge on any atom is -0.287 e. The SMILES string of the molecule is F[As-](F)(F)(F)(F)F.O=C(C[n+]1ccccc1)c1ccccc1. The third-order valence-corrected chi connectivity index (χ3v) is 2.20. The van der Waals surface area contributed by atoms with Gasteiger partial charge in [-0.2, -0.15) is 4.57 Å².